The van der Waals surface area contributed by atoms with Gasteiger partial charge in [-0.05, 0) is 37.1 Å². The van der Waals surface area contributed by atoms with Gasteiger partial charge in [-0.2, -0.15) is 0 Å². The Morgan fingerprint density at radius 3 is 2.63 bits per heavy atom. The second kappa shape index (κ2) is 7.07. The summed E-state index contributed by atoms with van der Waals surface area (Å²) in [6, 6.07) is 5.20. The fourth-order valence-electron chi connectivity index (χ4n) is 1.77. The number of rotatable bonds is 6. The maximum absolute atomic E-state index is 12.2. The Kier molecular flexibility index (Phi) is 5.73. The average Bonchev–Trinajstić information content (AvgIpc) is 2.35. The molecule has 1 rings (SSSR count). The predicted octanol–water partition coefficient (Wildman–Crippen LogP) is 3.15. The van der Waals surface area contributed by atoms with E-state index in [1.165, 1.54) is 7.05 Å². The van der Waals surface area contributed by atoms with Crippen LogP contribution in [0.4, 0.5) is 14.5 Å². The Balaban J connectivity index is 2.79. The van der Waals surface area contributed by atoms with Crippen molar-refractivity contribution >= 4 is 11.6 Å². The lowest BCUT2D eigenvalue weighted by Gasteiger charge is -2.17. The zero-order valence-corrected chi connectivity index (χ0v) is 11.5. The molecular weight excluding hydrogens is 250 g/mol. The highest BCUT2D eigenvalue weighted by atomic mass is 19.3. The molecule has 0 aliphatic carbocycles. The Morgan fingerprint density at radius 1 is 1.42 bits per heavy atom. The second-order valence-corrected chi connectivity index (χ2v) is 4.53. The van der Waals surface area contributed by atoms with Crippen molar-refractivity contribution in [1.82, 2.24) is 4.90 Å². The van der Waals surface area contributed by atoms with Gasteiger partial charge in [0.25, 0.3) is 12.3 Å². The molecule has 0 fully saturated rings. The van der Waals surface area contributed by atoms with Crippen LogP contribution in [0, 0.1) is 6.92 Å². The van der Waals surface area contributed by atoms with Gasteiger partial charge in [-0.25, -0.2) is 8.78 Å². The number of hydrogen-bond donors (Lipinski definition) is 1. The minimum absolute atomic E-state index is 0.384. The number of amides is 1. The van der Waals surface area contributed by atoms with E-state index in [9.17, 15) is 13.6 Å². The molecule has 1 aromatic rings. The fraction of sp³-hybridized carbons (Fsp3) is 0.500. The van der Waals surface area contributed by atoms with E-state index in [0.717, 1.165) is 29.1 Å². The maximum Gasteiger partial charge on any atom is 0.255 e. The molecule has 0 heterocycles. The minimum atomic E-state index is -2.51. The predicted molar refractivity (Wildman–Crippen MR) is 72.9 cm³/mol. The Morgan fingerprint density at radius 2 is 2.11 bits per heavy atom. The SMILES string of the molecule is CCCNc1ccc(C(=O)N(C)CC(F)F)cc1C. The molecule has 0 spiro atoms. The van der Waals surface area contributed by atoms with E-state index in [2.05, 4.69) is 12.2 Å². The van der Waals surface area contributed by atoms with E-state index >= 15 is 0 Å². The number of aryl methyl sites for hydroxylation is 1. The van der Waals surface area contributed by atoms with Crippen LogP contribution in [0.15, 0.2) is 18.2 Å². The second-order valence-electron chi connectivity index (χ2n) is 4.53. The summed E-state index contributed by atoms with van der Waals surface area (Å²) in [4.78, 5) is 13.0. The first-order chi connectivity index (χ1) is 8.95. The Labute approximate surface area is 112 Å². The molecule has 0 radical (unpaired) electrons. The topological polar surface area (TPSA) is 32.3 Å². The van der Waals surface area contributed by atoms with E-state index in [1.807, 2.05) is 13.0 Å². The van der Waals surface area contributed by atoms with Crippen LogP contribution in [0.1, 0.15) is 29.3 Å². The van der Waals surface area contributed by atoms with Crippen LogP contribution in [0.25, 0.3) is 0 Å². The van der Waals surface area contributed by atoms with Crippen LogP contribution < -0.4 is 5.32 Å². The number of anilines is 1. The number of hydrogen-bond acceptors (Lipinski definition) is 2. The van der Waals surface area contributed by atoms with Gasteiger partial charge >= 0.3 is 0 Å². The molecule has 0 unspecified atom stereocenters. The monoisotopic (exact) mass is 270 g/mol. The third-order valence-electron chi connectivity index (χ3n) is 2.80. The van der Waals surface area contributed by atoms with Crippen molar-refractivity contribution in [3.63, 3.8) is 0 Å². The quantitative estimate of drug-likeness (QED) is 0.861. The lowest BCUT2D eigenvalue weighted by atomic mass is 10.1. The van der Waals surface area contributed by atoms with Crippen molar-refractivity contribution in [2.24, 2.45) is 0 Å². The number of carbonyl (C=O) groups excluding carboxylic acids is 1. The average molecular weight is 270 g/mol. The molecule has 1 amide bonds. The van der Waals surface area contributed by atoms with Crippen LogP contribution in [-0.4, -0.2) is 37.4 Å². The smallest absolute Gasteiger partial charge is 0.255 e. The molecular formula is C14H20F2N2O. The number of alkyl halides is 2. The molecule has 0 aliphatic rings. The fourth-order valence-corrected chi connectivity index (χ4v) is 1.77. The molecule has 1 aromatic carbocycles. The molecule has 19 heavy (non-hydrogen) atoms. The molecule has 106 valence electrons. The van der Waals surface area contributed by atoms with Gasteiger partial charge in [-0.15, -0.1) is 0 Å². The van der Waals surface area contributed by atoms with Gasteiger partial charge in [0, 0.05) is 24.8 Å². The highest BCUT2D eigenvalue weighted by Crippen LogP contribution is 2.17. The summed E-state index contributed by atoms with van der Waals surface area (Å²) in [6.07, 6.45) is -1.50. The molecule has 0 aliphatic heterocycles. The third kappa shape index (κ3) is 4.50. The van der Waals surface area contributed by atoms with E-state index in [4.69, 9.17) is 0 Å². The van der Waals surface area contributed by atoms with Gasteiger partial charge < -0.3 is 10.2 Å². The normalized spacial score (nSPS) is 10.6. The summed E-state index contributed by atoms with van der Waals surface area (Å²) >= 11 is 0. The lowest BCUT2D eigenvalue weighted by Crippen LogP contribution is -2.31. The highest BCUT2D eigenvalue weighted by molar-refractivity contribution is 5.94. The molecule has 1 N–H and O–H groups in total. The number of halogens is 2. The molecule has 3 nitrogen and oxygen atoms in total. The van der Waals surface area contributed by atoms with Crippen molar-refractivity contribution < 1.29 is 13.6 Å². The summed E-state index contributed by atoms with van der Waals surface area (Å²) in [5.74, 6) is -0.384. The first-order valence-corrected chi connectivity index (χ1v) is 6.33. The first-order valence-electron chi connectivity index (χ1n) is 6.33. The van der Waals surface area contributed by atoms with Crippen molar-refractivity contribution in [3.05, 3.63) is 29.3 Å². The summed E-state index contributed by atoms with van der Waals surface area (Å²) in [7, 11) is 1.38. The van der Waals surface area contributed by atoms with Gasteiger partial charge in [0.15, 0.2) is 0 Å². The van der Waals surface area contributed by atoms with Crippen LogP contribution in [0.2, 0.25) is 0 Å². The van der Waals surface area contributed by atoms with E-state index in [0.29, 0.717) is 5.56 Å². The summed E-state index contributed by atoms with van der Waals surface area (Å²) < 4.78 is 24.5. The van der Waals surface area contributed by atoms with Crippen LogP contribution in [-0.2, 0) is 0 Å². The van der Waals surface area contributed by atoms with Crippen molar-refractivity contribution in [2.75, 3.05) is 25.5 Å². The van der Waals surface area contributed by atoms with Crippen molar-refractivity contribution in [2.45, 2.75) is 26.7 Å². The van der Waals surface area contributed by atoms with E-state index in [-0.39, 0.29) is 5.91 Å². The third-order valence-corrected chi connectivity index (χ3v) is 2.80. The van der Waals surface area contributed by atoms with E-state index in [1.54, 1.807) is 12.1 Å². The van der Waals surface area contributed by atoms with Crippen molar-refractivity contribution in [1.29, 1.82) is 0 Å². The Bertz CT molecular complexity index is 435. The zero-order valence-electron chi connectivity index (χ0n) is 11.5. The minimum Gasteiger partial charge on any atom is -0.385 e. The Hall–Kier alpha value is -1.65. The molecule has 0 atom stereocenters. The first kappa shape index (κ1) is 15.4. The van der Waals surface area contributed by atoms with Gasteiger partial charge in [0.1, 0.15) is 0 Å². The zero-order chi connectivity index (χ0) is 14.4. The summed E-state index contributed by atoms with van der Waals surface area (Å²) in [6.45, 7) is 4.27. The van der Waals surface area contributed by atoms with Gasteiger partial charge in [0.05, 0.1) is 6.54 Å². The molecule has 0 saturated carbocycles. The summed E-state index contributed by atoms with van der Waals surface area (Å²) in [5.41, 5.74) is 2.34. The maximum atomic E-state index is 12.2. The van der Waals surface area contributed by atoms with Gasteiger partial charge in [-0.1, -0.05) is 6.92 Å². The van der Waals surface area contributed by atoms with E-state index < -0.39 is 13.0 Å². The van der Waals surface area contributed by atoms with Gasteiger partial charge in [0.2, 0.25) is 0 Å². The van der Waals surface area contributed by atoms with Crippen LogP contribution >= 0.6 is 0 Å². The lowest BCUT2D eigenvalue weighted by molar-refractivity contribution is 0.0620. The van der Waals surface area contributed by atoms with Crippen LogP contribution in [0.5, 0.6) is 0 Å². The number of carbonyl (C=O) groups is 1. The number of nitrogens with zero attached hydrogens (tertiary/aromatic N) is 1. The van der Waals surface area contributed by atoms with Crippen molar-refractivity contribution in [3.8, 4) is 0 Å². The molecule has 0 bridgehead atoms. The number of benzene rings is 1. The van der Waals surface area contributed by atoms with Crippen LogP contribution in [0.3, 0.4) is 0 Å². The summed E-state index contributed by atoms with van der Waals surface area (Å²) in [5, 5.41) is 3.25. The molecule has 0 saturated heterocycles. The highest BCUT2D eigenvalue weighted by Gasteiger charge is 2.16. The number of nitrogens with one attached hydrogen (secondary N) is 1. The largest absolute Gasteiger partial charge is 0.385 e. The molecule has 0 aromatic heterocycles. The molecule has 5 heteroatoms. The standard InChI is InChI=1S/C14H20F2N2O/c1-4-7-17-12-6-5-11(8-10(12)2)14(19)18(3)9-13(15)16/h5-6,8,13,17H,4,7,9H2,1-3H3. The van der Waals surface area contributed by atoms with Gasteiger partial charge in [-0.3, -0.25) is 4.79 Å².